The van der Waals surface area contributed by atoms with Crippen molar-refractivity contribution in [1.29, 1.82) is 0 Å². The highest BCUT2D eigenvalue weighted by Crippen LogP contribution is 2.34. The maximum atomic E-state index is 13.9. The van der Waals surface area contributed by atoms with Gasteiger partial charge < -0.3 is 15.4 Å². The molecule has 2 heterocycles. The minimum Gasteiger partial charge on any atom is -0.438 e. The number of halogens is 1. The Labute approximate surface area is 164 Å². The van der Waals surface area contributed by atoms with Gasteiger partial charge in [0.05, 0.1) is 5.69 Å². The highest BCUT2D eigenvalue weighted by atomic mass is 19.1. The highest BCUT2D eigenvalue weighted by Gasteiger charge is 2.15. The first-order valence-electron chi connectivity index (χ1n) is 9.47. The lowest BCUT2D eigenvalue weighted by molar-refractivity contribution is 0.429. The summed E-state index contributed by atoms with van der Waals surface area (Å²) in [6.45, 7) is 6.41. The number of rotatable bonds is 8. The third-order valence-electron chi connectivity index (χ3n) is 4.60. The van der Waals surface area contributed by atoms with Gasteiger partial charge in [-0.3, -0.25) is 4.98 Å². The summed E-state index contributed by atoms with van der Waals surface area (Å²) >= 11 is 0. The maximum absolute atomic E-state index is 13.9. The highest BCUT2D eigenvalue weighted by molar-refractivity contribution is 5.67. The predicted molar refractivity (Wildman–Crippen MR) is 109 cm³/mol. The molecule has 0 unspecified atom stereocenters. The van der Waals surface area contributed by atoms with Crippen LogP contribution < -0.4 is 15.4 Å². The summed E-state index contributed by atoms with van der Waals surface area (Å²) in [5.41, 5.74) is 8.08. The van der Waals surface area contributed by atoms with Gasteiger partial charge in [0.25, 0.3) is 0 Å². The van der Waals surface area contributed by atoms with E-state index in [2.05, 4.69) is 28.8 Å². The van der Waals surface area contributed by atoms with Gasteiger partial charge in [-0.2, -0.15) is 5.10 Å². The van der Waals surface area contributed by atoms with Crippen molar-refractivity contribution in [2.75, 3.05) is 24.5 Å². The molecule has 0 bridgehead atoms. The SMILES string of the molecule is CCN(CC)c1cc(Oc2cc(F)ccc2-c2ccc(CCN)cn2)n(C)n1. The smallest absolute Gasteiger partial charge is 0.219 e. The summed E-state index contributed by atoms with van der Waals surface area (Å²) < 4.78 is 21.6. The third-order valence-corrected chi connectivity index (χ3v) is 4.60. The van der Waals surface area contributed by atoms with Crippen molar-refractivity contribution in [1.82, 2.24) is 14.8 Å². The molecule has 148 valence electrons. The van der Waals surface area contributed by atoms with Gasteiger partial charge in [0.15, 0.2) is 5.82 Å². The molecule has 7 heteroatoms. The van der Waals surface area contributed by atoms with E-state index >= 15 is 0 Å². The number of nitrogens with two attached hydrogens (primary N) is 1. The van der Waals surface area contributed by atoms with E-state index in [4.69, 9.17) is 10.5 Å². The van der Waals surface area contributed by atoms with Crippen LogP contribution in [-0.4, -0.2) is 34.4 Å². The van der Waals surface area contributed by atoms with E-state index in [0.29, 0.717) is 29.4 Å². The molecule has 28 heavy (non-hydrogen) atoms. The minimum atomic E-state index is -0.371. The van der Waals surface area contributed by atoms with Gasteiger partial charge in [0, 0.05) is 44.0 Å². The Kier molecular flexibility index (Phi) is 6.26. The molecular weight excluding hydrogens is 357 g/mol. The molecule has 0 amide bonds. The van der Waals surface area contributed by atoms with Crippen LogP contribution in [0, 0.1) is 5.82 Å². The molecule has 2 aromatic heterocycles. The molecule has 6 nitrogen and oxygen atoms in total. The van der Waals surface area contributed by atoms with Gasteiger partial charge in [-0.05, 0) is 50.6 Å². The van der Waals surface area contributed by atoms with E-state index in [1.807, 2.05) is 18.2 Å². The van der Waals surface area contributed by atoms with Gasteiger partial charge in [0.2, 0.25) is 5.88 Å². The lowest BCUT2D eigenvalue weighted by Gasteiger charge is -2.16. The number of hydrogen-bond donors (Lipinski definition) is 1. The first-order chi connectivity index (χ1) is 13.5. The lowest BCUT2D eigenvalue weighted by atomic mass is 10.1. The normalized spacial score (nSPS) is 10.9. The quantitative estimate of drug-likeness (QED) is 0.641. The molecule has 3 rings (SSSR count). The van der Waals surface area contributed by atoms with Gasteiger partial charge in [-0.25, -0.2) is 9.07 Å². The number of benzene rings is 1. The van der Waals surface area contributed by atoms with Crippen LogP contribution in [0.25, 0.3) is 11.3 Å². The van der Waals surface area contributed by atoms with Crippen LogP contribution in [0.5, 0.6) is 11.6 Å². The second-order valence-electron chi connectivity index (χ2n) is 6.47. The van der Waals surface area contributed by atoms with Crippen molar-refractivity contribution >= 4 is 5.82 Å². The number of anilines is 1. The number of pyridine rings is 1. The number of aryl methyl sites for hydroxylation is 1. The number of nitrogens with zero attached hydrogens (tertiary/aromatic N) is 4. The first kappa shape index (κ1) is 19.8. The van der Waals surface area contributed by atoms with E-state index in [-0.39, 0.29) is 5.82 Å². The molecule has 0 saturated carbocycles. The molecule has 3 aromatic rings. The van der Waals surface area contributed by atoms with Crippen LogP contribution in [0.4, 0.5) is 10.2 Å². The Morgan fingerprint density at radius 3 is 2.57 bits per heavy atom. The zero-order valence-electron chi connectivity index (χ0n) is 16.5. The van der Waals surface area contributed by atoms with E-state index in [1.165, 1.54) is 12.1 Å². The Morgan fingerprint density at radius 2 is 1.93 bits per heavy atom. The number of hydrogen-bond acceptors (Lipinski definition) is 5. The summed E-state index contributed by atoms with van der Waals surface area (Å²) in [6.07, 6.45) is 2.56. The average Bonchev–Trinajstić information content (AvgIpc) is 3.04. The summed E-state index contributed by atoms with van der Waals surface area (Å²) in [7, 11) is 1.81. The maximum Gasteiger partial charge on any atom is 0.219 e. The summed E-state index contributed by atoms with van der Waals surface area (Å²) in [5, 5.41) is 4.50. The van der Waals surface area contributed by atoms with Crippen molar-refractivity contribution in [3.8, 4) is 22.9 Å². The molecular formula is C21H26FN5O. The molecule has 0 spiro atoms. The molecule has 0 fully saturated rings. The molecule has 0 aliphatic rings. The van der Waals surface area contributed by atoms with Crippen LogP contribution in [-0.2, 0) is 13.5 Å². The Morgan fingerprint density at radius 1 is 1.14 bits per heavy atom. The fraction of sp³-hybridized carbons (Fsp3) is 0.333. The zero-order chi connectivity index (χ0) is 20.1. The van der Waals surface area contributed by atoms with Crippen molar-refractivity contribution in [2.24, 2.45) is 12.8 Å². The standard InChI is InChI=1S/C21H26FN5O/c1-4-27(5-2)20-13-21(26(3)25-20)28-19-12-16(22)7-8-17(19)18-9-6-15(10-11-23)14-24-18/h6-9,12-14H,4-5,10-11,23H2,1-3H3. The fourth-order valence-electron chi connectivity index (χ4n) is 3.04. The van der Waals surface area contributed by atoms with Crippen LogP contribution in [0.2, 0.25) is 0 Å². The molecule has 0 radical (unpaired) electrons. The van der Waals surface area contributed by atoms with Crippen LogP contribution >= 0.6 is 0 Å². The van der Waals surface area contributed by atoms with Gasteiger partial charge in [-0.15, -0.1) is 0 Å². The molecule has 0 aliphatic carbocycles. The monoisotopic (exact) mass is 383 g/mol. The largest absolute Gasteiger partial charge is 0.438 e. The predicted octanol–water partition coefficient (Wildman–Crippen LogP) is 3.76. The average molecular weight is 383 g/mol. The zero-order valence-corrected chi connectivity index (χ0v) is 16.5. The molecule has 0 saturated heterocycles. The van der Waals surface area contributed by atoms with Crippen molar-refractivity contribution in [3.63, 3.8) is 0 Å². The van der Waals surface area contributed by atoms with E-state index in [1.54, 1.807) is 24.0 Å². The van der Waals surface area contributed by atoms with Crippen LogP contribution in [0.15, 0.2) is 42.6 Å². The topological polar surface area (TPSA) is 69.2 Å². The lowest BCUT2D eigenvalue weighted by Crippen LogP contribution is -2.22. The van der Waals surface area contributed by atoms with Crippen molar-refractivity contribution in [3.05, 3.63) is 54.0 Å². The van der Waals surface area contributed by atoms with E-state index in [9.17, 15) is 4.39 Å². The van der Waals surface area contributed by atoms with Crippen molar-refractivity contribution < 1.29 is 9.13 Å². The van der Waals surface area contributed by atoms with Gasteiger partial charge >= 0.3 is 0 Å². The fourth-order valence-corrected chi connectivity index (χ4v) is 3.04. The molecule has 1 aromatic carbocycles. The summed E-state index contributed by atoms with van der Waals surface area (Å²) in [6, 6.07) is 10.2. The molecule has 0 atom stereocenters. The second kappa shape index (κ2) is 8.84. The molecule has 2 N–H and O–H groups in total. The Balaban J connectivity index is 1.93. The number of ether oxygens (including phenoxy) is 1. The van der Waals surface area contributed by atoms with E-state index < -0.39 is 0 Å². The summed E-state index contributed by atoms with van der Waals surface area (Å²) in [4.78, 5) is 6.62. The Bertz CT molecular complexity index is 919. The summed E-state index contributed by atoms with van der Waals surface area (Å²) in [5.74, 6) is 1.39. The van der Waals surface area contributed by atoms with Crippen LogP contribution in [0.3, 0.4) is 0 Å². The first-order valence-corrected chi connectivity index (χ1v) is 9.47. The van der Waals surface area contributed by atoms with Crippen molar-refractivity contribution in [2.45, 2.75) is 20.3 Å². The van der Waals surface area contributed by atoms with Crippen LogP contribution in [0.1, 0.15) is 19.4 Å². The second-order valence-corrected chi connectivity index (χ2v) is 6.47. The van der Waals surface area contributed by atoms with Gasteiger partial charge in [0.1, 0.15) is 11.6 Å². The Hall–Kier alpha value is -2.93. The van der Waals surface area contributed by atoms with E-state index in [0.717, 1.165) is 30.9 Å². The third kappa shape index (κ3) is 4.31. The van der Waals surface area contributed by atoms with Gasteiger partial charge in [-0.1, -0.05) is 6.07 Å². The number of aromatic nitrogens is 3. The minimum absolute atomic E-state index is 0.371. The molecule has 0 aliphatic heterocycles.